The lowest BCUT2D eigenvalue weighted by Crippen LogP contribution is -2.38. The van der Waals surface area contributed by atoms with Gasteiger partial charge in [0.2, 0.25) is 5.91 Å². The third-order valence-electron chi connectivity index (χ3n) is 5.87. The number of nitrogens with one attached hydrogen (secondary N) is 1. The van der Waals surface area contributed by atoms with Crippen molar-refractivity contribution in [2.75, 3.05) is 6.54 Å². The third-order valence-corrected chi connectivity index (χ3v) is 5.87. The van der Waals surface area contributed by atoms with Crippen molar-refractivity contribution in [3.63, 3.8) is 0 Å². The fourth-order valence-corrected chi connectivity index (χ4v) is 4.66. The number of aryl methyl sites for hydroxylation is 3. The molecule has 2 atom stereocenters. The fourth-order valence-electron chi connectivity index (χ4n) is 4.66. The van der Waals surface area contributed by atoms with E-state index in [1.54, 1.807) is 4.68 Å². The van der Waals surface area contributed by atoms with Crippen LogP contribution >= 0.6 is 0 Å². The Kier molecular flexibility index (Phi) is 3.51. The summed E-state index contributed by atoms with van der Waals surface area (Å²) in [6.07, 6.45) is 4.50. The van der Waals surface area contributed by atoms with Crippen LogP contribution in [-0.2, 0) is 18.3 Å². The number of amides is 1. The van der Waals surface area contributed by atoms with Crippen LogP contribution in [0.1, 0.15) is 42.5 Å². The van der Waals surface area contributed by atoms with E-state index in [9.17, 15) is 9.59 Å². The molecule has 6 heteroatoms. The summed E-state index contributed by atoms with van der Waals surface area (Å²) >= 11 is 0. The Balaban J connectivity index is 1.57. The summed E-state index contributed by atoms with van der Waals surface area (Å²) in [5.74, 6) is 0.905. The van der Waals surface area contributed by atoms with Crippen molar-refractivity contribution in [1.29, 1.82) is 0 Å². The monoisotopic (exact) mass is 328 g/mol. The van der Waals surface area contributed by atoms with E-state index < -0.39 is 0 Å². The molecule has 2 bridgehead atoms. The van der Waals surface area contributed by atoms with Crippen molar-refractivity contribution in [2.24, 2.45) is 13.0 Å². The van der Waals surface area contributed by atoms with Crippen LogP contribution in [0.15, 0.2) is 4.79 Å². The van der Waals surface area contributed by atoms with Crippen LogP contribution in [-0.4, -0.2) is 38.2 Å². The Labute approximate surface area is 140 Å². The standard InChI is InChI=1S/C18H24N4O2/c1-10-14(18(24)19-17-16(10)11(2)20-21(17)3)6-7-15(23)22-9-12-4-5-13(22)8-12/h12-13H,4-9H2,1-3H3,(H,19,24). The van der Waals surface area contributed by atoms with Gasteiger partial charge in [0.15, 0.2) is 0 Å². The summed E-state index contributed by atoms with van der Waals surface area (Å²) in [5.41, 5.74) is 3.23. The van der Waals surface area contributed by atoms with E-state index in [1.807, 2.05) is 25.8 Å². The van der Waals surface area contributed by atoms with E-state index in [-0.39, 0.29) is 11.5 Å². The molecule has 1 saturated heterocycles. The number of aromatic amines is 1. The molecule has 128 valence electrons. The normalized spacial score (nSPS) is 22.7. The maximum atomic E-state index is 12.6. The average Bonchev–Trinajstić information content (AvgIpc) is 3.22. The highest BCUT2D eigenvalue weighted by molar-refractivity contribution is 5.83. The fraction of sp³-hybridized carbons (Fsp3) is 0.611. The van der Waals surface area contributed by atoms with Crippen molar-refractivity contribution >= 4 is 16.9 Å². The Morgan fingerprint density at radius 3 is 2.79 bits per heavy atom. The first-order chi connectivity index (χ1) is 11.5. The second-order valence-electron chi connectivity index (χ2n) is 7.37. The zero-order valence-corrected chi connectivity index (χ0v) is 14.6. The van der Waals surface area contributed by atoms with Gasteiger partial charge in [-0.3, -0.25) is 14.3 Å². The first kappa shape index (κ1) is 15.4. The number of hydrogen-bond acceptors (Lipinski definition) is 3. The van der Waals surface area contributed by atoms with Gasteiger partial charge in [-0.05, 0) is 51.0 Å². The van der Waals surface area contributed by atoms with Gasteiger partial charge in [0.25, 0.3) is 5.56 Å². The van der Waals surface area contributed by atoms with Crippen molar-refractivity contribution in [3.8, 4) is 0 Å². The van der Waals surface area contributed by atoms with Crippen LogP contribution in [0, 0.1) is 19.8 Å². The topological polar surface area (TPSA) is 71.0 Å². The molecular formula is C18H24N4O2. The van der Waals surface area contributed by atoms with Gasteiger partial charge in [0.1, 0.15) is 5.65 Å². The maximum absolute atomic E-state index is 12.6. The molecule has 0 spiro atoms. The van der Waals surface area contributed by atoms with Gasteiger partial charge < -0.3 is 9.88 Å². The van der Waals surface area contributed by atoms with Gasteiger partial charge in [-0.15, -0.1) is 0 Å². The van der Waals surface area contributed by atoms with Crippen molar-refractivity contribution < 1.29 is 4.79 Å². The molecule has 1 N–H and O–H groups in total. The van der Waals surface area contributed by atoms with Crippen LogP contribution in [0.2, 0.25) is 0 Å². The number of rotatable bonds is 3. The summed E-state index contributed by atoms with van der Waals surface area (Å²) in [7, 11) is 1.83. The number of aromatic nitrogens is 3. The number of hydrogen-bond donors (Lipinski definition) is 1. The van der Waals surface area contributed by atoms with E-state index >= 15 is 0 Å². The smallest absolute Gasteiger partial charge is 0.253 e. The summed E-state index contributed by atoms with van der Waals surface area (Å²) in [6.45, 7) is 4.83. The number of fused-ring (bicyclic) bond motifs is 3. The van der Waals surface area contributed by atoms with Gasteiger partial charge in [-0.1, -0.05) is 0 Å². The Hall–Kier alpha value is -2.11. The molecule has 24 heavy (non-hydrogen) atoms. The second kappa shape index (κ2) is 5.46. The minimum atomic E-state index is -0.0984. The van der Waals surface area contributed by atoms with Gasteiger partial charge in [-0.25, -0.2) is 0 Å². The Morgan fingerprint density at radius 1 is 1.33 bits per heavy atom. The lowest BCUT2D eigenvalue weighted by atomic mass is 10.0. The summed E-state index contributed by atoms with van der Waals surface area (Å²) in [4.78, 5) is 30.0. The molecule has 2 unspecified atom stereocenters. The molecule has 0 radical (unpaired) electrons. The summed E-state index contributed by atoms with van der Waals surface area (Å²) in [5, 5.41) is 5.39. The molecule has 1 aliphatic heterocycles. The van der Waals surface area contributed by atoms with Crippen molar-refractivity contribution in [3.05, 3.63) is 27.2 Å². The lowest BCUT2D eigenvalue weighted by Gasteiger charge is -2.27. The predicted molar refractivity (Wildman–Crippen MR) is 92.0 cm³/mol. The highest BCUT2D eigenvalue weighted by Crippen LogP contribution is 2.37. The van der Waals surface area contributed by atoms with Gasteiger partial charge in [0, 0.05) is 37.0 Å². The highest BCUT2D eigenvalue weighted by Gasteiger charge is 2.39. The molecule has 1 aliphatic carbocycles. The molecule has 6 nitrogen and oxygen atoms in total. The number of carbonyl (C=O) groups excluding carboxylic acids is 1. The molecular weight excluding hydrogens is 304 g/mol. The minimum Gasteiger partial charge on any atom is -0.339 e. The molecule has 0 aromatic carbocycles. The molecule has 3 heterocycles. The van der Waals surface area contributed by atoms with Crippen LogP contribution in [0.5, 0.6) is 0 Å². The number of H-pyrrole nitrogens is 1. The maximum Gasteiger partial charge on any atom is 0.253 e. The second-order valence-corrected chi connectivity index (χ2v) is 7.37. The van der Waals surface area contributed by atoms with Crippen LogP contribution < -0.4 is 5.56 Å². The lowest BCUT2D eigenvalue weighted by molar-refractivity contribution is -0.132. The average molecular weight is 328 g/mol. The van der Waals surface area contributed by atoms with Crippen LogP contribution in [0.25, 0.3) is 11.0 Å². The molecule has 1 saturated carbocycles. The number of likely N-dealkylation sites (tertiary alicyclic amines) is 1. The van der Waals surface area contributed by atoms with E-state index in [2.05, 4.69) is 10.1 Å². The Bertz CT molecular complexity index is 879. The van der Waals surface area contributed by atoms with Crippen LogP contribution in [0.4, 0.5) is 0 Å². The van der Waals surface area contributed by atoms with Crippen LogP contribution in [0.3, 0.4) is 0 Å². The van der Waals surface area contributed by atoms with E-state index in [0.29, 0.717) is 24.8 Å². The van der Waals surface area contributed by atoms with Gasteiger partial charge in [0.05, 0.1) is 5.69 Å². The largest absolute Gasteiger partial charge is 0.339 e. The van der Waals surface area contributed by atoms with Crippen molar-refractivity contribution in [1.82, 2.24) is 19.7 Å². The molecule has 2 fully saturated rings. The van der Waals surface area contributed by atoms with Gasteiger partial charge >= 0.3 is 0 Å². The van der Waals surface area contributed by atoms with E-state index in [4.69, 9.17) is 0 Å². The molecule has 4 rings (SSSR count). The molecule has 1 amide bonds. The van der Waals surface area contributed by atoms with E-state index in [1.165, 1.54) is 12.8 Å². The van der Waals surface area contributed by atoms with E-state index in [0.717, 1.165) is 40.8 Å². The number of nitrogens with zero attached hydrogens (tertiary/aromatic N) is 3. The molecule has 2 aromatic heterocycles. The Morgan fingerprint density at radius 2 is 2.12 bits per heavy atom. The third kappa shape index (κ3) is 2.27. The quantitative estimate of drug-likeness (QED) is 0.934. The predicted octanol–water partition coefficient (Wildman–Crippen LogP) is 1.82. The summed E-state index contributed by atoms with van der Waals surface area (Å²) in [6, 6.07) is 0.449. The number of pyridine rings is 1. The SMILES string of the molecule is Cc1nn(C)c2[nH]c(=O)c(CCC(=O)N3CC4CCC3C4)c(C)c12. The number of piperidine rings is 1. The molecule has 2 aromatic rings. The first-order valence-corrected chi connectivity index (χ1v) is 8.80. The minimum absolute atomic E-state index is 0.0984. The zero-order chi connectivity index (χ0) is 17.0. The summed E-state index contributed by atoms with van der Waals surface area (Å²) < 4.78 is 1.70. The number of carbonyl (C=O) groups is 1. The van der Waals surface area contributed by atoms with Crippen molar-refractivity contribution in [2.45, 2.75) is 52.0 Å². The van der Waals surface area contributed by atoms with Gasteiger partial charge in [-0.2, -0.15) is 5.10 Å². The first-order valence-electron chi connectivity index (χ1n) is 8.80. The molecule has 2 aliphatic rings. The highest BCUT2D eigenvalue weighted by atomic mass is 16.2. The zero-order valence-electron chi connectivity index (χ0n) is 14.6.